The van der Waals surface area contributed by atoms with E-state index in [1.807, 2.05) is 6.92 Å². The quantitative estimate of drug-likeness (QED) is 0.811. The summed E-state index contributed by atoms with van der Waals surface area (Å²) in [6, 6.07) is 0. The normalized spacial score (nSPS) is 29.3. The van der Waals surface area contributed by atoms with Crippen LogP contribution in [-0.4, -0.2) is 32.7 Å². The van der Waals surface area contributed by atoms with E-state index in [-0.39, 0.29) is 18.1 Å². The largest absolute Gasteiger partial charge is 0.392 e. The van der Waals surface area contributed by atoms with Gasteiger partial charge in [0.1, 0.15) is 0 Å². The molecule has 1 aromatic rings. The first-order valence-electron chi connectivity index (χ1n) is 4.82. The molecule has 1 aliphatic heterocycles. The van der Waals surface area contributed by atoms with Crippen LogP contribution < -0.4 is 0 Å². The van der Waals surface area contributed by atoms with Gasteiger partial charge >= 0.3 is 0 Å². The van der Waals surface area contributed by atoms with Crippen molar-refractivity contribution >= 4 is 11.7 Å². The number of rotatable bonds is 3. The van der Waals surface area contributed by atoms with Gasteiger partial charge in [-0.3, -0.25) is 0 Å². The van der Waals surface area contributed by atoms with Gasteiger partial charge in [-0.15, -0.1) is 0 Å². The van der Waals surface area contributed by atoms with Crippen molar-refractivity contribution < 1.29 is 9.84 Å². The maximum atomic E-state index is 9.90. The molecule has 2 rings (SSSR count). The van der Waals surface area contributed by atoms with Gasteiger partial charge in [0.15, 0.2) is 0 Å². The number of hydrogen-bond donors (Lipinski definition) is 1. The molecule has 0 bridgehead atoms. The lowest BCUT2D eigenvalue weighted by Gasteiger charge is -2.14. The molecule has 3 atom stereocenters. The fraction of sp³-hybridized carbons (Fsp3) is 0.778. The van der Waals surface area contributed by atoms with E-state index in [1.165, 1.54) is 11.7 Å². The Hall–Kier alpha value is -0.520. The minimum absolute atomic E-state index is 0.256. The second-order valence-corrected chi connectivity index (χ2v) is 4.37. The summed E-state index contributed by atoms with van der Waals surface area (Å²) in [7, 11) is 0. The molecule has 1 saturated heterocycles. The fourth-order valence-electron chi connectivity index (χ4n) is 1.77. The van der Waals surface area contributed by atoms with E-state index in [4.69, 9.17) is 4.74 Å². The van der Waals surface area contributed by atoms with Crippen molar-refractivity contribution in [1.29, 1.82) is 0 Å². The standard InChI is InChI=1S/C9H14N2O2S/c1-6-2-7(5-13-6)9(12)3-8-4-10-14-11-8/h4,6-7,9,12H,2-3,5H2,1H3. The molecule has 1 N–H and O–H groups in total. The van der Waals surface area contributed by atoms with E-state index in [2.05, 4.69) is 8.75 Å². The highest BCUT2D eigenvalue weighted by Gasteiger charge is 2.28. The van der Waals surface area contributed by atoms with Gasteiger partial charge in [0.2, 0.25) is 0 Å². The summed E-state index contributed by atoms with van der Waals surface area (Å²) in [5.41, 5.74) is 0.877. The summed E-state index contributed by atoms with van der Waals surface area (Å²) in [5.74, 6) is 0.256. The number of ether oxygens (including phenoxy) is 1. The molecule has 78 valence electrons. The van der Waals surface area contributed by atoms with Crippen LogP contribution in [-0.2, 0) is 11.2 Å². The van der Waals surface area contributed by atoms with E-state index < -0.39 is 0 Å². The highest BCUT2D eigenvalue weighted by molar-refractivity contribution is 6.99. The van der Waals surface area contributed by atoms with Crippen LogP contribution in [0.25, 0.3) is 0 Å². The lowest BCUT2D eigenvalue weighted by molar-refractivity contribution is 0.0803. The summed E-state index contributed by atoms with van der Waals surface area (Å²) < 4.78 is 13.4. The van der Waals surface area contributed by atoms with E-state index in [0.717, 1.165) is 12.1 Å². The van der Waals surface area contributed by atoms with Gasteiger partial charge in [-0.2, -0.15) is 8.75 Å². The lowest BCUT2D eigenvalue weighted by atomic mass is 9.96. The van der Waals surface area contributed by atoms with Crippen LogP contribution in [0.15, 0.2) is 6.20 Å². The average Bonchev–Trinajstić information content (AvgIpc) is 2.75. The number of hydrogen-bond acceptors (Lipinski definition) is 5. The van der Waals surface area contributed by atoms with Gasteiger partial charge in [-0.05, 0) is 13.3 Å². The molecule has 2 heterocycles. The Morgan fingerprint density at radius 1 is 1.79 bits per heavy atom. The molecule has 0 aliphatic carbocycles. The van der Waals surface area contributed by atoms with Crippen molar-refractivity contribution in [2.24, 2.45) is 5.92 Å². The Balaban J connectivity index is 1.87. The highest BCUT2D eigenvalue weighted by Crippen LogP contribution is 2.23. The zero-order valence-corrected chi connectivity index (χ0v) is 8.91. The third kappa shape index (κ3) is 2.29. The van der Waals surface area contributed by atoms with Gasteiger partial charge in [0.05, 0.1) is 42.4 Å². The van der Waals surface area contributed by atoms with E-state index in [1.54, 1.807) is 6.20 Å². The first-order valence-corrected chi connectivity index (χ1v) is 5.55. The first-order chi connectivity index (χ1) is 6.75. The van der Waals surface area contributed by atoms with Crippen LogP contribution in [0.4, 0.5) is 0 Å². The molecule has 0 aromatic carbocycles. The van der Waals surface area contributed by atoms with Gasteiger partial charge in [0.25, 0.3) is 0 Å². The van der Waals surface area contributed by atoms with Crippen molar-refractivity contribution in [3.63, 3.8) is 0 Å². The summed E-state index contributed by atoms with van der Waals surface area (Å²) in [5, 5.41) is 9.90. The maximum Gasteiger partial charge on any atom is 0.0768 e. The van der Waals surface area contributed by atoms with Crippen LogP contribution in [0.1, 0.15) is 19.0 Å². The Bertz CT molecular complexity index is 278. The van der Waals surface area contributed by atoms with Crippen molar-refractivity contribution in [3.8, 4) is 0 Å². The van der Waals surface area contributed by atoms with Crippen LogP contribution in [0, 0.1) is 5.92 Å². The third-order valence-electron chi connectivity index (χ3n) is 2.60. The van der Waals surface area contributed by atoms with Gasteiger partial charge in [-0.25, -0.2) is 0 Å². The second-order valence-electron chi connectivity index (χ2n) is 3.81. The minimum atomic E-state index is -0.344. The van der Waals surface area contributed by atoms with Crippen LogP contribution in [0.3, 0.4) is 0 Å². The van der Waals surface area contributed by atoms with Crippen LogP contribution in [0.5, 0.6) is 0 Å². The lowest BCUT2D eigenvalue weighted by Crippen LogP contribution is -2.23. The molecule has 3 unspecified atom stereocenters. The molecule has 0 amide bonds. The summed E-state index contributed by atoms with van der Waals surface area (Å²) in [6.45, 7) is 2.71. The number of aliphatic hydroxyl groups is 1. The molecule has 4 nitrogen and oxygen atoms in total. The highest BCUT2D eigenvalue weighted by atomic mass is 32.1. The molecule has 1 aliphatic rings. The monoisotopic (exact) mass is 214 g/mol. The minimum Gasteiger partial charge on any atom is -0.392 e. The van der Waals surface area contributed by atoms with Gasteiger partial charge in [-0.1, -0.05) is 0 Å². The van der Waals surface area contributed by atoms with Crippen LogP contribution >= 0.6 is 11.7 Å². The zero-order valence-electron chi connectivity index (χ0n) is 8.09. The van der Waals surface area contributed by atoms with E-state index in [0.29, 0.717) is 13.0 Å². The van der Waals surface area contributed by atoms with Crippen molar-refractivity contribution in [2.75, 3.05) is 6.61 Å². The predicted octanol–water partition coefficient (Wildman–Crippen LogP) is 0.867. The predicted molar refractivity (Wildman–Crippen MR) is 53.1 cm³/mol. The van der Waals surface area contributed by atoms with E-state index in [9.17, 15) is 5.11 Å². The Morgan fingerprint density at radius 3 is 3.21 bits per heavy atom. The molecule has 0 spiro atoms. The maximum absolute atomic E-state index is 9.90. The second kappa shape index (κ2) is 4.33. The average molecular weight is 214 g/mol. The molecule has 0 radical (unpaired) electrons. The number of nitrogens with zero attached hydrogens (tertiary/aromatic N) is 2. The van der Waals surface area contributed by atoms with Crippen molar-refractivity contribution in [2.45, 2.75) is 32.0 Å². The third-order valence-corrected chi connectivity index (χ3v) is 3.11. The molecule has 0 saturated carbocycles. The number of aliphatic hydroxyl groups excluding tert-OH is 1. The summed E-state index contributed by atoms with van der Waals surface area (Å²) >= 11 is 1.18. The van der Waals surface area contributed by atoms with Crippen molar-refractivity contribution in [3.05, 3.63) is 11.9 Å². The SMILES string of the molecule is CC1CC(C(O)Cc2cnsn2)CO1. The molecular formula is C9H14N2O2S. The topological polar surface area (TPSA) is 55.2 Å². The molecule has 14 heavy (non-hydrogen) atoms. The summed E-state index contributed by atoms with van der Waals surface area (Å²) in [4.78, 5) is 0. The Kier molecular flexibility index (Phi) is 3.10. The Morgan fingerprint density at radius 2 is 2.64 bits per heavy atom. The molecule has 1 aromatic heterocycles. The van der Waals surface area contributed by atoms with Gasteiger partial charge < -0.3 is 9.84 Å². The van der Waals surface area contributed by atoms with E-state index >= 15 is 0 Å². The number of aromatic nitrogens is 2. The zero-order chi connectivity index (χ0) is 9.97. The van der Waals surface area contributed by atoms with Gasteiger partial charge in [0, 0.05) is 12.3 Å². The molecule has 1 fully saturated rings. The fourth-order valence-corrected chi connectivity index (χ4v) is 2.22. The van der Waals surface area contributed by atoms with Crippen molar-refractivity contribution in [1.82, 2.24) is 8.75 Å². The smallest absolute Gasteiger partial charge is 0.0768 e. The first kappa shape index (κ1) is 10.0. The Labute approximate surface area is 87.2 Å². The molecule has 5 heteroatoms. The molecular weight excluding hydrogens is 200 g/mol. The summed E-state index contributed by atoms with van der Waals surface area (Å²) in [6.07, 6.45) is 3.19. The van der Waals surface area contributed by atoms with Crippen LogP contribution in [0.2, 0.25) is 0 Å².